The van der Waals surface area contributed by atoms with Gasteiger partial charge in [0.05, 0.1) is 16.9 Å². The number of halogens is 2. The molecule has 4 nitrogen and oxygen atoms in total. The molecule has 1 aliphatic heterocycles. The highest BCUT2D eigenvalue weighted by molar-refractivity contribution is 6.17. The number of amides is 1. The smallest absolute Gasteiger partial charge is 0.245 e. The molecule has 0 spiro atoms. The van der Waals surface area contributed by atoms with E-state index in [-0.39, 0.29) is 23.6 Å². The van der Waals surface area contributed by atoms with E-state index >= 15 is 0 Å². The van der Waals surface area contributed by atoms with E-state index in [4.69, 9.17) is 11.6 Å². The predicted octanol–water partition coefficient (Wildman–Crippen LogP) is 2.63. The quantitative estimate of drug-likeness (QED) is 0.799. The van der Waals surface area contributed by atoms with Crippen molar-refractivity contribution in [3.63, 3.8) is 0 Å². The fraction of sp³-hybridized carbons (Fsp3) is 0.429. The number of imidazole rings is 1. The minimum atomic E-state index is -0.293. The summed E-state index contributed by atoms with van der Waals surface area (Å²) in [5.74, 6) is 0.569. The molecule has 0 N–H and O–H groups in total. The summed E-state index contributed by atoms with van der Waals surface area (Å²) in [4.78, 5) is 18.3. The summed E-state index contributed by atoms with van der Waals surface area (Å²) < 4.78 is 15.5. The second-order valence-corrected chi connectivity index (χ2v) is 5.45. The van der Waals surface area contributed by atoms with Crippen LogP contribution in [0.25, 0.3) is 11.0 Å². The van der Waals surface area contributed by atoms with Gasteiger partial charge in [-0.25, -0.2) is 9.37 Å². The summed E-state index contributed by atoms with van der Waals surface area (Å²) in [6.45, 7) is 2.42. The number of aryl methyl sites for hydroxylation is 1. The van der Waals surface area contributed by atoms with Crippen LogP contribution < -0.4 is 0 Å². The molecule has 2 heterocycles. The number of nitrogens with zero attached hydrogens (tertiary/aromatic N) is 3. The Hall–Kier alpha value is -1.62. The number of hydrogen-bond donors (Lipinski definition) is 0. The molecule has 1 unspecified atom stereocenters. The van der Waals surface area contributed by atoms with Crippen molar-refractivity contribution < 1.29 is 9.18 Å². The number of fused-ring (bicyclic) bond motifs is 1. The maximum absolute atomic E-state index is 13.7. The Labute approximate surface area is 121 Å². The number of likely N-dealkylation sites (N-methyl/N-ethyl adjacent to an activating group) is 1. The first-order valence-corrected chi connectivity index (χ1v) is 7.04. The van der Waals surface area contributed by atoms with Crippen molar-refractivity contribution in [2.45, 2.75) is 25.3 Å². The van der Waals surface area contributed by atoms with Gasteiger partial charge < -0.3 is 9.47 Å². The van der Waals surface area contributed by atoms with Crippen LogP contribution >= 0.6 is 11.6 Å². The number of rotatable bonds is 2. The van der Waals surface area contributed by atoms with Crippen LogP contribution in [0.5, 0.6) is 0 Å². The predicted molar refractivity (Wildman–Crippen MR) is 75.3 cm³/mol. The summed E-state index contributed by atoms with van der Waals surface area (Å²) in [5, 5.41) is 0. The van der Waals surface area contributed by atoms with Gasteiger partial charge in [0.1, 0.15) is 17.7 Å². The topological polar surface area (TPSA) is 38.1 Å². The first kappa shape index (κ1) is 13.4. The number of hydrogen-bond acceptors (Lipinski definition) is 2. The van der Waals surface area contributed by atoms with Gasteiger partial charge in [0.25, 0.3) is 0 Å². The van der Waals surface area contributed by atoms with Crippen LogP contribution in [-0.4, -0.2) is 34.0 Å². The van der Waals surface area contributed by atoms with E-state index in [1.165, 1.54) is 6.07 Å². The molecule has 1 amide bonds. The number of carbonyl (C=O) groups is 1. The van der Waals surface area contributed by atoms with Gasteiger partial charge in [-0.2, -0.15) is 0 Å². The third-order valence-corrected chi connectivity index (χ3v) is 4.11. The van der Waals surface area contributed by atoms with Gasteiger partial charge in [0, 0.05) is 19.7 Å². The third kappa shape index (κ3) is 1.88. The second kappa shape index (κ2) is 4.74. The van der Waals surface area contributed by atoms with Gasteiger partial charge in [-0.15, -0.1) is 11.6 Å². The van der Waals surface area contributed by atoms with E-state index in [2.05, 4.69) is 4.98 Å². The minimum Gasteiger partial charge on any atom is -0.344 e. The van der Waals surface area contributed by atoms with Crippen molar-refractivity contribution in [2.24, 2.45) is 0 Å². The van der Waals surface area contributed by atoms with Crippen molar-refractivity contribution in [2.75, 3.05) is 13.6 Å². The fourth-order valence-corrected chi connectivity index (χ4v) is 2.94. The van der Waals surface area contributed by atoms with Crippen LogP contribution in [0, 0.1) is 12.7 Å². The van der Waals surface area contributed by atoms with E-state index in [1.54, 1.807) is 24.9 Å². The van der Waals surface area contributed by atoms with E-state index in [0.717, 1.165) is 11.9 Å². The summed E-state index contributed by atoms with van der Waals surface area (Å²) >= 11 is 5.94. The molecule has 3 rings (SSSR count). The van der Waals surface area contributed by atoms with Gasteiger partial charge in [0.2, 0.25) is 5.91 Å². The Balaban J connectivity index is 2.23. The van der Waals surface area contributed by atoms with Crippen molar-refractivity contribution in [1.82, 2.24) is 14.5 Å². The maximum Gasteiger partial charge on any atom is 0.245 e. The highest BCUT2D eigenvalue weighted by atomic mass is 35.5. The Morgan fingerprint density at radius 3 is 2.85 bits per heavy atom. The van der Waals surface area contributed by atoms with E-state index in [1.807, 2.05) is 4.57 Å². The van der Waals surface area contributed by atoms with Crippen molar-refractivity contribution in [1.29, 1.82) is 0 Å². The molecule has 1 aliphatic rings. The summed E-state index contributed by atoms with van der Waals surface area (Å²) in [6, 6.07) is 2.85. The zero-order valence-electron chi connectivity index (χ0n) is 11.4. The van der Waals surface area contributed by atoms with Crippen LogP contribution in [0.4, 0.5) is 4.39 Å². The van der Waals surface area contributed by atoms with Gasteiger partial charge in [-0.05, 0) is 25.0 Å². The van der Waals surface area contributed by atoms with Gasteiger partial charge in [-0.3, -0.25) is 4.79 Å². The molecule has 1 aromatic carbocycles. The molecule has 1 atom stereocenters. The number of alkyl halides is 1. The molecule has 20 heavy (non-hydrogen) atoms. The Kier molecular flexibility index (Phi) is 3.17. The molecular formula is C14H15ClFN3O. The Bertz CT molecular complexity index is 697. The van der Waals surface area contributed by atoms with Crippen LogP contribution in [0.15, 0.2) is 12.1 Å². The van der Waals surface area contributed by atoms with Crippen molar-refractivity contribution in [3.05, 3.63) is 29.3 Å². The largest absolute Gasteiger partial charge is 0.344 e. The maximum atomic E-state index is 13.7. The average molecular weight is 296 g/mol. The van der Waals surface area contributed by atoms with E-state index in [9.17, 15) is 9.18 Å². The van der Waals surface area contributed by atoms with Crippen molar-refractivity contribution >= 4 is 28.5 Å². The molecular weight excluding hydrogens is 281 g/mol. The highest BCUT2D eigenvalue weighted by Gasteiger charge is 2.33. The van der Waals surface area contributed by atoms with Gasteiger partial charge in [-0.1, -0.05) is 0 Å². The molecule has 1 aromatic heterocycles. The molecule has 0 radical (unpaired) electrons. The number of likely N-dealkylation sites (tertiary alicyclic amines) is 1. The average Bonchev–Trinajstić information content (AvgIpc) is 2.92. The standard InChI is InChI=1S/C14H15ClFN3O/c1-8-5-12-10(6-9(8)16)17-13(7-15)19(12)11-3-4-18(2)14(11)20/h5-6,11H,3-4,7H2,1-2H3. The van der Waals surface area contributed by atoms with E-state index < -0.39 is 0 Å². The first-order valence-electron chi connectivity index (χ1n) is 6.51. The second-order valence-electron chi connectivity index (χ2n) is 5.19. The van der Waals surface area contributed by atoms with Crippen LogP contribution in [0.1, 0.15) is 23.9 Å². The van der Waals surface area contributed by atoms with E-state index in [0.29, 0.717) is 23.4 Å². The SMILES string of the molecule is Cc1cc2c(cc1F)nc(CCl)n2C1CCN(C)C1=O. The highest BCUT2D eigenvalue weighted by Crippen LogP contribution is 2.30. The number of benzene rings is 1. The summed E-state index contributed by atoms with van der Waals surface area (Å²) in [7, 11) is 1.78. The monoisotopic (exact) mass is 295 g/mol. The Morgan fingerprint density at radius 2 is 2.25 bits per heavy atom. The lowest BCUT2D eigenvalue weighted by Gasteiger charge is -2.15. The Morgan fingerprint density at radius 1 is 1.50 bits per heavy atom. The summed E-state index contributed by atoms with van der Waals surface area (Å²) in [6.07, 6.45) is 0.723. The third-order valence-electron chi connectivity index (χ3n) is 3.87. The van der Waals surface area contributed by atoms with Gasteiger partial charge in [0.15, 0.2) is 0 Å². The van der Waals surface area contributed by atoms with Crippen molar-refractivity contribution in [3.8, 4) is 0 Å². The molecule has 1 saturated heterocycles. The lowest BCUT2D eigenvalue weighted by atomic mass is 10.2. The number of carbonyl (C=O) groups excluding carboxylic acids is 1. The molecule has 0 saturated carbocycles. The number of aromatic nitrogens is 2. The van der Waals surface area contributed by atoms with Crippen LogP contribution in [-0.2, 0) is 10.7 Å². The molecule has 106 valence electrons. The first-order chi connectivity index (χ1) is 9.52. The van der Waals surface area contributed by atoms with Crippen LogP contribution in [0.3, 0.4) is 0 Å². The lowest BCUT2D eigenvalue weighted by Crippen LogP contribution is -2.25. The lowest BCUT2D eigenvalue weighted by molar-refractivity contribution is -0.129. The molecule has 2 aromatic rings. The minimum absolute atomic E-state index is 0.0534. The summed E-state index contributed by atoms with van der Waals surface area (Å²) in [5.41, 5.74) is 1.86. The molecule has 0 aliphatic carbocycles. The zero-order chi connectivity index (χ0) is 14.4. The van der Waals surface area contributed by atoms with Crippen LogP contribution in [0.2, 0.25) is 0 Å². The zero-order valence-corrected chi connectivity index (χ0v) is 12.1. The molecule has 0 bridgehead atoms. The molecule has 1 fully saturated rings. The molecule has 6 heteroatoms. The fourth-order valence-electron chi connectivity index (χ4n) is 2.76. The van der Waals surface area contributed by atoms with Gasteiger partial charge >= 0.3 is 0 Å². The normalized spacial score (nSPS) is 19.3.